The number of carbonyl (C=O) groups is 1. The van der Waals surface area contributed by atoms with Gasteiger partial charge in [-0.1, -0.05) is 6.07 Å². The average Bonchev–Trinajstić information content (AvgIpc) is 2.98. The van der Waals surface area contributed by atoms with Crippen LogP contribution in [-0.2, 0) is 6.54 Å². The molecule has 2 aromatic rings. The number of anilines is 1. The number of nitrogens with one attached hydrogen (secondary N) is 1. The monoisotopic (exact) mass is 344 g/mol. The van der Waals surface area contributed by atoms with Crippen LogP contribution in [0.3, 0.4) is 0 Å². The smallest absolute Gasteiger partial charge is 0.406 e. The van der Waals surface area contributed by atoms with Crippen LogP contribution in [0.5, 0.6) is 5.75 Å². The summed E-state index contributed by atoms with van der Waals surface area (Å²) in [4.78, 5) is 12.9. The molecule has 0 spiro atoms. The fraction of sp³-hybridized carbons (Fsp3) is 0.267. The summed E-state index contributed by atoms with van der Waals surface area (Å²) in [6.45, 7) is -1.43. The lowest BCUT2D eigenvalue weighted by molar-refractivity contribution is -0.140. The molecule has 1 N–H and O–H groups in total. The van der Waals surface area contributed by atoms with Crippen molar-refractivity contribution < 1.29 is 22.7 Å². The number of hydrogen-bond acceptors (Lipinski definition) is 3. The molecule has 4 nitrogen and oxygen atoms in total. The zero-order valence-electron chi connectivity index (χ0n) is 12.3. The summed E-state index contributed by atoms with van der Waals surface area (Å²) in [6, 6.07) is 7.30. The average molecular weight is 344 g/mol. The van der Waals surface area contributed by atoms with E-state index in [9.17, 15) is 18.0 Å². The fourth-order valence-electron chi connectivity index (χ4n) is 1.92. The maximum absolute atomic E-state index is 12.7. The van der Waals surface area contributed by atoms with E-state index < -0.39 is 18.8 Å². The molecule has 23 heavy (non-hydrogen) atoms. The molecule has 0 saturated heterocycles. The van der Waals surface area contributed by atoms with E-state index in [4.69, 9.17) is 4.74 Å². The summed E-state index contributed by atoms with van der Waals surface area (Å²) < 4.78 is 43.2. The van der Waals surface area contributed by atoms with E-state index in [0.29, 0.717) is 17.0 Å². The van der Waals surface area contributed by atoms with Crippen LogP contribution in [0, 0.1) is 0 Å². The van der Waals surface area contributed by atoms with Gasteiger partial charge in [0.05, 0.1) is 7.11 Å². The summed E-state index contributed by atoms with van der Waals surface area (Å²) in [5, 5.41) is 5.92. The molecule has 0 aliphatic rings. The van der Waals surface area contributed by atoms with Crippen molar-refractivity contribution in [3.05, 3.63) is 46.7 Å². The lowest BCUT2D eigenvalue weighted by atomic mass is 10.3. The Kier molecular flexibility index (Phi) is 5.49. The van der Waals surface area contributed by atoms with Gasteiger partial charge in [-0.25, -0.2) is 4.79 Å². The molecule has 0 aliphatic carbocycles. The van der Waals surface area contributed by atoms with Gasteiger partial charge in [-0.15, -0.1) is 0 Å². The van der Waals surface area contributed by atoms with Gasteiger partial charge in [0.2, 0.25) is 0 Å². The highest BCUT2D eigenvalue weighted by atomic mass is 32.1. The first-order chi connectivity index (χ1) is 10.9. The number of alkyl halides is 3. The fourth-order valence-corrected chi connectivity index (χ4v) is 2.58. The SMILES string of the molecule is COc1cccc(NC(=O)N(Cc2ccsc2)CC(F)(F)F)c1. The van der Waals surface area contributed by atoms with Crippen LogP contribution in [0.4, 0.5) is 23.7 Å². The number of amides is 2. The lowest BCUT2D eigenvalue weighted by Crippen LogP contribution is -2.40. The summed E-state index contributed by atoms with van der Waals surface area (Å²) in [5.74, 6) is 0.503. The second-order valence-electron chi connectivity index (χ2n) is 4.76. The molecular weight excluding hydrogens is 329 g/mol. The Bertz CT molecular complexity index is 644. The molecule has 0 saturated carbocycles. The number of rotatable bonds is 5. The van der Waals surface area contributed by atoms with Gasteiger partial charge in [-0.2, -0.15) is 24.5 Å². The van der Waals surface area contributed by atoms with Crippen LogP contribution >= 0.6 is 11.3 Å². The van der Waals surface area contributed by atoms with Gasteiger partial charge in [0.15, 0.2) is 0 Å². The Morgan fingerprint density at radius 1 is 1.35 bits per heavy atom. The van der Waals surface area contributed by atoms with Crippen LogP contribution in [0.1, 0.15) is 5.56 Å². The summed E-state index contributed by atoms with van der Waals surface area (Å²) in [6.07, 6.45) is -4.47. The third-order valence-electron chi connectivity index (χ3n) is 2.93. The predicted octanol–water partition coefficient (Wildman–Crippen LogP) is 4.35. The molecule has 1 aromatic heterocycles. The summed E-state index contributed by atoms with van der Waals surface area (Å²) in [5.41, 5.74) is 1.02. The van der Waals surface area contributed by atoms with Crippen LogP contribution in [-0.4, -0.2) is 30.8 Å². The minimum absolute atomic E-state index is 0.112. The third kappa shape index (κ3) is 5.48. The number of thiophene rings is 1. The van der Waals surface area contributed by atoms with Gasteiger partial charge >= 0.3 is 12.2 Å². The van der Waals surface area contributed by atoms with Crippen LogP contribution in [0.15, 0.2) is 41.1 Å². The quantitative estimate of drug-likeness (QED) is 0.876. The van der Waals surface area contributed by atoms with Crippen molar-refractivity contribution in [2.75, 3.05) is 19.0 Å². The van der Waals surface area contributed by atoms with E-state index in [2.05, 4.69) is 5.32 Å². The highest BCUT2D eigenvalue weighted by Crippen LogP contribution is 2.21. The molecular formula is C15H15F3N2O2S. The molecule has 0 bridgehead atoms. The first-order valence-electron chi connectivity index (χ1n) is 6.65. The number of carbonyl (C=O) groups excluding carboxylic acids is 1. The Hall–Kier alpha value is -2.22. The molecule has 0 fully saturated rings. The van der Waals surface area contributed by atoms with Crippen LogP contribution in [0.25, 0.3) is 0 Å². The predicted molar refractivity (Wildman–Crippen MR) is 82.8 cm³/mol. The molecule has 2 amide bonds. The maximum atomic E-state index is 12.7. The Morgan fingerprint density at radius 2 is 2.13 bits per heavy atom. The normalized spacial score (nSPS) is 11.1. The Balaban J connectivity index is 2.11. The van der Waals surface area contributed by atoms with Gasteiger partial charge in [0, 0.05) is 18.3 Å². The molecule has 2 rings (SSSR count). The standard InChI is InChI=1S/C15H15F3N2O2S/c1-22-13-4-2-3-12(7-13)19-14(21)20(10-15(16,17)18)8-11-5-6-23-9-11/h2-7,9H,8,10H2,1H3,(H,19,21). The van der Waals surface area contributed by atoms with Crippen molar-refractivity contribution in [1.29, 1.82) is 0 Å². The summed E-state index contributed by atoms with van der Waals surface area (Å²) >= 11 is 1.36. The van der Waals surface area contributed by atoms with Crippen molar-refractivity contribution in [1.82, 2.24) is 4.90 Å². The summed E-state index contributed by atoms with van der Waals surface area (Å²) in [7, 11) is 1.47. The topological polar surface area (TPSA) is 41.6 Å². The van der Waals surface area contributed by atoms with Gasteiger partial charge in [0.1, 0.15) is 12.3 Å². The van der Waals surface area contributed by atoms with E-state index in [1.807, 2.05) is 0 Å². The number of benzene rings is 1. The molecule has 0 aliphatic heterocycles. The third-order valence-corrected chi connectivity index (χ3v) is 3.66. The molecule has 1 aromatic carbocycles. The molecule has 0 radical (unpaired) electrons. The highest BCUT2D eigenvalue weighted by Gasteiger charge is 2.33. The van der Waals surface area contributed by atoms with Crippen LogP contribution < -0.4 is 10.1 Å². The minimum atomic E-state index is -4.47. The van der Waals surface area contributed by atoms with Gasteiger partial charge in [-0.3, -0.25) is 0 Å². The lowest BCUT2D eigenvalue weighted by Gasteiger charge is -2.24. The zero-order valence-corrected chi connectivity index (χ0v) is 13.1. The van der Waals surface area contributed by atoms with E-state index in [-0.39, 0.29) is 6.54 Å². The van der Waals surface area contributed by atoms with Crippen molar-refractivity contribution in [2.24, 2.45) is 0 Å². The number of ether oxygens (including phenoxy) is 1. The molecule has 1 heterocycles. The van der Waals surface area contributed by atoms with E-state index in [0.717, 1.165) is 4.90 Å². The number of halogens is 3. The Morgan fingerprint density at radius 3 is 2.74 bits per heavy atom. The Labute approximate surface area is 135 Å². The maximum Gasteiger partial charge on any atom is 0.406 e. The van der Waals surface area contributed by atoms with Crippen molar-refractivity contribution in [2.45, 2.75) is 12.7 Å². The first kappa shape index (κ1) is 17.1. The number of hydrogen-bond donors (Lipinski definition) is 1. The second kappa shape index (κ2) is 7.36. The van der Waals surface area contributed by atoms with E-state index in [1.165, 1.54) is 24.5 Å². The largest absolute Gasteiger partial charge is 0.497 e. The minimum Gasteiger partial charge on any atom is -0.497 e. The highest BCUT2D eigenvalue weighted by molar-refractivity contribution is 7.07. The number of nitrogens with zero attached hydrogens (tertiary/aromatic N) is 1. The number of methoxy groups -OCH3 is 1. The van der Waals surface area contributed by atoms with Crippen LogP contribution in [0.2, 0.25) is 0 Å². The van der Waals surface area contributed by atoms with Gasteiger partial charge in [-0.05, 0) is 34.5 Å². The van der Waals surface area contributed by atoms with E-state index in [1.54, 1.807) is 35.0 Å². The number of urea groups is 1. The van der Waals surface area contributed by atoms with E-state index >= 15 is 0 Å². The zero-order chi connectivity index (χ0) is 16.9. The molecule has 124 valence electrons. The first-order valence-corrected chi connectivity index (χ1v) is 7.59. The molecule has 8 heteroatoms. The van der Waals surface area contributed by atoms with Crippen molar-refractivity contribution >= 4 is 23.1 Å². The van der Waals surface area contributed by atoms with Crippen molar-refractivity contribution in [3.63, 3.8) is 0 Å². The molecule has 0 atom stereocenters. The molecule has 0 unspecified atom stereocenters. The van der Waals surface area contributed by atoms with Crippen molar-refractivity contribution in [3.8, 4) is 5.75 Å². The second-order valence-corrected chi connectivity index (χ2v) is 5.54. The van der Waals surface area contributed by atoms with Gasteiger partial charge in [0.25, 0.3) is 0 Å². The van der Waals surface area contributed by atoms with Gasteiger partial charge < -0.3 is 15.0 Å².